The van der Waals surface area contributed by atoms with Gasteiger partial charge in [0.2, 0.25) is 0 Å². The maximum Gasteiger partial charge on any atom is 0.367 e. The maximum absolute atomic E-state index is 11.6. The van der Waals surface area contributed by atoms with Crippen molar-refractivity contribution in [1.29, 1.82) is 0 Å². The Bertz CT molecular complexity index is 809. The van der Waals surface area contributed by atoms with Gasteiger partial charge in [-0.3, -0.25) is 0 Å². The summed E-state index contributed by atoms with van der Waals surface area (Å²) in [5, 5.41) is 3.66. The number of methoxy groups -OCH3 is 1. The summed E-state index contributed by atoms with van der Waals surface area (Å²) >= 11 is 0. The Kier molecular flexibility index (Phi) is 4.61. The van der Waals surface area contributed by atoms with E-state index in [4.69, 9.17) is 9.47 Å². The Morgan fingerprint density at radius 1 is 1.12 bits per heavy atom. The van der Waals surface area contributed by atoms with Crippen molar-refractivity contribution in [2.45, 2.75) is 13.5 Å². The molecule has 1 aliphatic heterocycles. The Balaban J connectivity index is 1.79. The van der Waals surface area contributed by atoms with Crippen LogP contribution in [-0.4, -0.2) is 18.8 Å². The van der Waals surface area contributed by atoms with Gasteiger partial charge in [-0.15, -0.1) is 0 Å². The Labute approximate surface area is 140 Å². The molecule has 2 aromatic carbocycles. The summed E-state index contributed by atoms with van der Waals surface area (Å²) in [6.45, 7) is 2.18. The topological polar surface area (TPSA) is 57.1 Å². The molecule has 0 aliphatic carbocycles. The second-order valence-electron chi connectivity index (χ2n) is 5.30. The van der Waals surface area contributed by atoms with Gasteiger partial charge in [0, 0.05) is 0 Å². The van der Waals surface area contributed by atoms with Gasteiger partial charge in [0.15, 0.2) is 11.5 Å². The molecule has 24 heavy (non-hydrogen) atoms. The molecule has 2 aromatic rings. The highest BCUT2D eigenvalue weighted by Gasteiger charge is 2.21. The fraction of sp³-hybridized carbons (Fsp3) is 0.158. The number of carbonyl (C=O) groups excluding carboxylic acids is 1. The van der Waals surface area contributed by atoms with Crippen LogP contribution in [-0.2, 0) is 16.2 Å². The molecule has 0 amide bonds. The first-order chi connectivity index (χ1) is 11.7. The number of rotatable bonds is 5. The number of hydrogen-bond donors (Lipinski definition) is 0. The van der Waals surface area contributed by atoms with Crippen molar-refractivity contribution >= 4 is 17.8 Å². The fourth-order valence-electron chi connectivity index (χ4n) is 2.31. The quantitative estimate of drug-likeness (QED) is 0.623. The molecule has 3 rings (SSSR count). The summed E-state index contributed by atoms with van der Waals surface area (Å²) in [5.74, 6) is 0.792. The second kappa shape index (κ2) is 7.00. The van der Waals surface area contributed by atoms with Crippen molar-refractivity contribution in [3.8, 4) is 11.5 Å². The lowest BCUT2D eigenvalue weighted by Gasteiger charge is -2.11. The summed E-state index contributed by atoms with van der Waals surface area (Å²) in [6.07, 6.45) is 1.72. The molecule has 0 N–H and O–H groups in total. The molecule has 0 spiro atoms. The molecule has 0 saturated heterocycles. The lowest BCUT2D eigenvalue weighted by atomic mass is 10.1. The largest absolute Gasteiger partial charge is 0.493 e. The van der Waals surface area contributed by atoms with Crippen molar-refractivity contribution in [1.82, 2.24) is 0 Å². The Morgan fingerprint density at radius 2 is 1.92 bits per heavy atom. The lowest BCUT2D eigenvalue weighted by molar-refractivity contribution is -0.136. The van der Waals surface area contributed by atoms with Crippen LogP contribution in [0.1, 0.15) is 18.1 Å². The normalized spacial score (nSPS) is 15.2. The fourth-order valence-corrected chi connectivity index (χ4v) is 2.31. The van der Waals surface area contributed by atoms with E-state index in [9.17, 15) is 4.79 Å². The zero-order chi connectivity index (χ0) is 16.9. The SMILES string of the molecule is COc1cc(C=C2C(=O)ON=C2C)ccc1OCc1ccccc1. The van der Waals surface area contributed by atoms with Crippen LogP contribution in [0, 0.1) is 0 Å². The summed E-state index contributed by atoms with van der Waals surface area (Å²) in [5.41, 5.74) is 2.88. The van der Waals surface area contributed by atoms with E-state index < -0.39 is 5.97 Å². The molecule has 0 atom stereocenters. The van der Waals surface area contributed by atoms with Crippen molar-refractivity contribution in [2.75, 3.05) is 7.11 Å². The molecular weight excluding hydrogens is 306 g/mol. The van der Waals surface area contributed by atoms with Gasteiger partial charge in [0.05, 0.1) is 18.4 Å². The van der Waals surface area contributed by atoms with Gasteiger partial charge in [-0.25, -0.2) is 4.79 Å². The molecule has 0 saturated carbocycles. The molecule has 0 radical (unpaired) electrons. The van der Waals surface area contributed by atoms with Crippen LogP contribution in [0.15, 0.2) is 59.3 Å². The summed E-state index contributed by atoms with van der Waals surface area (Å²) in [7, 11) is 1.58. The maximum atomic E-state index is 11.6. The van der Waals surface area contributed by atoms with Crippen LogP contribution in [0.5, 0.6) is 11.5 Å². The van der Waals surface area contributed by atoms with Crippen LogP contribution >= 0.6 is 0 Å². The first-order valence-corrected chi connectivity index (χ1v) is 7.50. The molecule has 122 valence electrons. The minimum atomic E-state index is -0.448. The van der Waals surface area contributed by atoms with Crippen LogP contribution in [0.25, 0.3) is 6.08 Å². The van der Waals surface area contributed by atoms with Crippen LogP contribution in [0.3, 0.4) is 0 Å². The highest BCUT2D eigenvalue weighted by atomic mass is 16.7. The first kappa shape index (κ1) is 15.8. The highest BCUT2D eigenvalue weighted by molar-refractivity contribution is 6.24. The number of carbonyl (C=O) groups is 1. The second-order valence-corrected chi connectivity index (χ2v) is 5.30. The van der Waals surface area contributed by atoms with E-state index in [0.717, 1.165) is 11.1 Å². The zero-order valence-corrected chi connectivity index (χ0v) is 13.5. The molecular formula is C19H17NO4. The minimum Gasteiger partial charge on any atom is -0.493 e. The first-order valence-electron chi connectivity index (χ1n) is 7.50. The van der Waals surface area contributed by atoms with Gasteiger partial charge in [-0.2, -0.15) is 0 Å². The summed E-state index contributed by atoms with van der Waals surface area (Å²) in [4.78, 5) is 16.3. The van der Waals surface area contributed by atoms with Gasteiger partial charge >= 0.3 is 5.97 Å². The number of nitrogens with zero attached hydrogens (tertiary/aromatic N) is 1. The van der Waals surface area contributed by atoms with E-state index in [2.05, 4.69) is 9.99 Å². The van der Waals surface area contributed by atoms with Crippen LogP contribution in [0.2, 0.25) is 0 Å². The summed E-state index contributed by atoms with van der Waals surface area (Å²) < 4.78 is 11.2. The van der Waals surface area contributed by atoms with Gasteiger partial charge in [0.1, 0.15) is 6.61 Å². The zero-order valence-electron chi connectivity index (χ0n) is 13.5. The van der Waals surface area contributed by atoms with E-state index in [-0.39, 0.29) is 0 Å². The third-order valence-electron chi connectivity index (χ3n) is 3.61. The molecule has 5 heteroatoms. The number of benzene rings is 2. The summed E-state index contributed by atoms with van der Waals surface area (Å²) in [6, 6.07) is 15.4. The van der Waals surface area contributed by atoms with E-state index in [1.807, 2.05) is 48.5 Å². The Morgan fingerprint density at radius 3 is 2.58 bits per heavy atom. The van der Waals surface area contributed by atoms with Crippen LogP contribution < -0.4 is 9.47 Å². The van der Waals surface area contributed by atoms with Crippen molar-refractivity contribution in [3.63, 3.8) is 0 Å². The minimum absolute atomic E-state index is 0.440. The van der Waals surface area contributed by atoms with Gasteiger partial charge in [0.25, 0.3) is 0 Å². The number of hydrogen-bond acceptors (Lipinski definition) is 5. The smallest absolute Gasteiger partial charge is 0.367 e. The third-order valence-corrected chi connectivity index (χ3v) is 3.61. The molecule has 0 bridgehead atoms. The van der Waals surface area contributed by atoms with E-state index in [1.54, 1.807) is 20.1 Å². The van der Waals surface area contributed by atoms with Crippen LogP contribution in [0.4, 0.5) is 0 Å². The third kappa shape index (κ3) is 3.46. The predicted octanol–water partition coefficient (Wildman–Crippen LogP) is 3.59. The number of ether oxygens (including phenoxy) is 2. The average molecular weight is 323 g/mol. The van der Waals surface area contributed by atoms with Crippen molar-refractivity contribution < 1.29 is 19.1 Å². The standard InChI is InChI=1S/C19H17NO4/c1-13-16(19(21)24-20-13)10-15-8-9-17(18(11-15)22-2)23-12-14-6-4-3-5-7-14/h3-11H,12H2,1-2H3. The molecule has 1 heterocycles. The lowest BCUT2D eigenvalue weighted by Crippen LogP contribution is -2.02. The predicted molar refractivity (Wildman–Crippen MR) is 90.9 cm³/mol. The molecule has 5 nitrogen and oxygen atoms in total. The monoisotopic (exact) mass is 323 g/mol. The van der Waals surface area contributed by atoms with Crippen molar-refractivity contribution in [2.24, 2.45) is 5.16 Å². The van der Waals surface area contributed by atoms with E-state index >= 15 is 0 Å². The average Bonchev–Trinajstić information content (AvgIpc) is 2.93. The molecule has 0 fully saturated rings. The molecule has 0 unspecified atom stereocenters. The van der Waals surface area contributed by atoms with Gasteiger partial charge < -0.3 is 14.3 Å². The van der Waals surface area contributed by atoms with E-state index in [0.29, 0.717) is 29.4 Å². The molecule has 0 aromatic heterocycles. The van der Waals surface area contributed by atoms with Crippen molar-refractivity contribution in [3.05, 3.63) is 65.2 Å². The van der Waals surface area contributed by atoms with Gasteiger partial charge in [-0.1, -0.05) is 41.6 Å². The number of oxime groups is 1. The highest BCUT2D eigenvalue weighted by Crippen LogP contribution is 2.30. The van der Waals surface area contributed by atoms with Gasteiger partial charge in [-0.05, 0) is 36.3 Å². The molecule has 1 aliphatic rings. The van der Waals surface area contributed by atoms with E-state index in [1.165, 1.54) is 0 Å². The Hall–Kier alpha value is -3.08.